The molecule has 2 atom stereocenters. The van der Waals surface area contributed by atoms with Crippen LogP contribution in [-0.2, 0) is 4.79 Å². The van der Waals surface area contributed by atoms with Crippen molar-refractivity contribution in [3.63, 3.8) is 0 Å². The summed E-state index contributed by atoms with van der Waals surface area (Å²) in [5.74, 6) is 0.786. The summed E-state index contributed by atoms with van der Waals surface area (Å²) < 4.78 is 0. The van der Waals surface area contributed by atoms with E-state index in [1.807, 2.05) is 0 Å². The van der Waals surface area contributed by atoms with Gasteiger partial charge in [0.05, 0.1) is 17.5 Å². The Balaban J connectivity index is 1.86. The molecule has 0 aromatic carbocycles. The molecule has 0 spiro atoms. The lowest BCUT2D eigenvalue weighted by Gasteiger charge is -2.35. The van der Waals surface area contributed by atoms with Crippen LogP contribution in [0.5, 0.6) is 0 Å². The number of carbonyl (C=O) groups excluding carboxylic acids is 2. The molecule has 3 heterocycles. The molecule has 2 saturated heterocycles. The van der Waals surface area contributed by atoms with Gasteiger partial charge in [-0.2, -0.15) is 0 Å². The fourth-order valence-corrected chi connectivity index (χ4v) is 2.74. The Bertz CT molecular complexity index is 473. The third kappa shape index (κ3) is 1.73. The van der Waals surface area contributed by atoms with Crippen molar-refractivity contribution in [2.75, 3.05) is 18.0 Å². The monoisotopic (exact) mass is 246 g/mol. The molecule has 2 aliphatic rings. The summed E-state index contributed by atoms with van der Waals surface area (Å²) >= 11 is 0. The Labute approximate surface area is 104 Å². The van der Waals surface area contributed by atoms with Gasteiger partial charge in [0.2, 0.25) is 11.9 Å². The molecule has 1 N–H and O–H groups in total. The largest absolute Gasteiger partial charge is 0.354 e. The summed E-state index contributed by atoms with van der Waals surface area (Å²) in [5, 5.41) is 2.89. The molecule has 94 valence electrons. The number of aldehydes is 1. The molecule has 0 saturated carbocycles. The normalized spacial score (nSPS) is 26.7. The molecule has 2 fully saturated rings. The van der Waals surface area contributed by atoms with E-state index in [0.29, 0.717) is 18.1 Å². The fraction of sp³-hybridized carbons (Fsp3) is 0.500. The second-order valence-electron chi connectivity index (χ2n) is 4.69. The quantitative estimate of drug-likeness (QED) is 0.744. The summed E-state index contributed by atoms with van der Waals surface area (Å²) in [4.78, 5) is 32.7. The molecule has 0 bridgehead atoms. The number of rotatable bonds is 2. The molecule has 6 nitrogen and oxygen atoms in total. The van der Waals surface area contributed by atoms with Gasteiger partial charge in [0, 0.05) is 25.5 Å². The van der Waals surface area contributed by atoms with E-state index in [0.717, 1.165) is 25.7 Å². The first-order valence-corrected chi connectivity index (χ1v) is 6.11. The lowest BCUT2D eigenvalue weighted by Crippen LogP contribution is -2.46. The second-order valence-corrected chi connectivity index (χ2v) is 4.69. The van der Waals surface area contributed by atoms with Crippen LogP contribution in [0.25, 0.3) is 0 Å². The van der Waals surface area contributed by atoms with Crippen molar-refractivity contribution in [2.45, 2.75) is 18.9 Å². The van der Waals surface area contributed by atoms with Gasteiger partial charge in [0.25, 0.3) is 0 Å². The highest BCUT2D eigenvalue weighted by atomic mass is 16.2. The van der Waals surface area contributed by atoms with E-state index in [1.165, 1.54) is 12.4 Å². The van der Waals surface area contributed by atoms with Crippen LogP contribution in [0.4, 0.5) is 5.95 Å². The first-order valence-electron chi connectivity index (χ1n) is 6.11. The smallest absolute Gasteiger partial charge is 0.225 e. The van der Waals surface area contributed by atoms with Gasteiger partial charge in [0.15, 0.2) is 6.29 Å². The number of hydrogen-bond acceptors (Lipinski definition) is 5. The Morgan fingerprint density at radius 1 is 1.39 bits per heavy atom. The second kappa shape index (κ2) is 4.36. The zero-order chi connectivity index (χ0) is 12.5. The zero-order valence-electron chi connectivity index (χ0n) is 9.87. The lowest BCUT2D eigenvalue weighted by atomic mass is 9.92. The van der Waals surface area contributed by atoms with Crippen LogP contribution in [0.2, 0.25) is 0 Å². The van der Waals surface area contributed by atoms with Crippen molar-refractivity contribution in [3.8, 4) is 0 Å². The molecule has 0 aliphatic carbocycles. The number of carbonyl (C=O) groups is 2. The van der Waals surface area contributed by atoms with Crippen LogP contribution >= 0.6 is 0 Å². The van der Waals surface area contributed by atoms with Crippen molar-refractivity contribution in [3.05, 3.63) is 18.0 Å². The predicted octanol–water partition coefficient (Wildman–Crippen LogP) is 0.00390. The summed E-state index contributed by atoms with van der Waals surface area (Å²) in [6.07, 6.45) is 5.66. The van der Waals surface area contributed by atoms with Crippen LogP contribution in [0.15, 0.2) is 12.4 Å². The standard InChI is InChI=1S/C12H14N4O2/c17-7-8-4-14-12(15-5-8)16-3-1-2-9-10(16)6-13-11(9)18/h4-5,7,9-10H,1-3,6H2,(H,13,18). The Morgan fingerprint density at radius 2 is 2.17 bits per heavy atom. The Kier molecular flexibility index (Phi) is 2.70. The molecule has 2 unspecified atom stereocenters. The third-order valence-electron chi connectivity index (χ3n) is 3.65. The zero-order valence-corrected chi connectivity index (χ0v) is 9.87. The Hall–Kier alpha value is -1.98. The lowest BCUT2D eigenvalue weighted by molar-refractivity contribution is -0.123. The average molecular weight is 246 g/mol. The van der Waals surface area contributed by atoms with E-state index in [-0.39, 0.29) is 17.9 Å². The highest BCUT2D eigenvalue weighted by molar-refractivity contribution is 5.83. The van der Waals surface area contributed by atoms with E-state index >= 15 is 0 Å². The molecule has 1 aromatic heterocycles. The van der Waals surface area contributed by atoms with Crippen molar-refractivity contribution in [1.29, 1.82) is 0 Å². The molecule has 18 heavy (non-hydrogen) atoms. The van der Waals surface area contributed by atoms with E-state index in [1.54, 1.807) is 0 Å². The van der Waals surface area contributed by atoms with Gasteiger partial charge in [-0.3, -0.25) is 9.59 Å². The van der Waals surface area contributed by atoms with Crippen LogP contribution < -0.4 is 10.2 Å². The molecule has 2 aliphatic heterocycles. The van der Waals surface area contributed by atoms with Gasteiger partial charge in [-0.15, -0.1) is 0 Å². The Morgan fingerprint density at radius 3 is 2.89 bits per heavy atom. The van der Waals surface area contributed by atoms with Gasteiger partial charge < -0.3 is 10.2 Å². The van der Waals surface area contributed by atoms with Crippen LogP contribution in [-0.4, -0.2) is 41.3 Å². The van der Waals surface area contributed by atoms with Gasteiger partial charge in [-0.25, -0.2) is 9.97 Å². The number of fused-ring (bicyclic) bond motifs is 1. The molecule has 1 aromatic rings. The van der Waals surface area contributed by atoms with E-state index < -0.39 is 0 Å². The first-order chi connectivity index (χ1) is 8.79. The predicted molar refractivity (Wildman–Crippen MR) is 64.3 cm³/mol. The number of hydrogen-bond donors (Lipinski definition) is 1. The highest BCUT2D eigenvalue weighted by Gasteiger charge is 2.41. The van der Waals surface area contributed by atoms with Gasteiger partial charge in [-0.1, -0.05) is 0 Å². The minimum atomic E-state index is 0.0492. The van der Waals surface area contributed by atoms with E-state index in [4.69, 9.17) is 0 Å². The maximum Gasteiger partial charge on any atom is 0.225 e. The van der Waals surface area contributed by atoms with Crippen LogP contribution in [0.1, 0.15) is 23.2 Å². The van der Waals surface area contributed by atoms with Crippen molar-refractivity contribution in [2.24, 2.45) is 5.92 Å². The van der Waals surface area contributed by atoms with Gasteiger partial charge >= 0.3 is 0 Å². The number of nitrogens with zero attached hydrogens (tertiary/aromatic N) is 3. The number of amides is 1. The first kappa shape index (κ1) is 11.1. The minimum absolute atomic E-state index is 0.0492. The number of anilines is 1. The van der Waals surface area contributed by atoms with E-state index in [2.05, 4.69) is 20.2 Å². The summed E-state index contributed by atoms with van der Waals surface area (Å²) in [6.45, 7) is 1.51. The average Bonchev–Trinajstić information content (AvgIpc) is 2.81. The fourth-order valence-electron chi connectivity index (χ4n) is 2.74. The maximum atomic E-state index is 11.7. The van der Waals surface area contributed by atoms with Gasteiger partial charge in [0.1, 0.15) is 0 Å². The minimum Gasteiger partial charge on any atom is -0.354 e. The SMILES string of the molecule is O=Cc1cnc(N2CCCC3C(=O)NCC32)nc1. The topological polar surface area (TPSA) is 75.2 Å². The van der Waals surface area contributed by atoms with Crippen molar-refractivity contribution in [1.82, 2.24) is 15.3 Å². The van der Waals surface area contributed by atoms with Crippen LogP contribution in [0, 0.1) is 5.92 Å². The van der Waals surface area contributed by atoms with Crippen molar-refractivity contribution < 1.29 is 9.59 Å². The van der Waals surface area contributed by atoms with Gasteiger partial charge in [-0.05, 0) is 12.8 Å². The molecular weight excluding hydrogens is 232 g/mol. The van der Waals surface area contributed by atoms with Crippen LogP contribution in [0.3, 0.4) is 0 Å². The summed E-state index contributed by atoms with van der Waals surface area (Å²) in [5.41, 5.74) is 0.466. The summed E-state index contributed by atoms with van der Waals surface area (Å²) in [7, 11) is 0. The maximum absolute atomic E-state index is 11.7. The molecule has 1 amide bonds. The third-order valence-corrected chi connectivity index (χ3v) is 3.65. The molecule has 3 rings (SSSR count). The molecule has 0 radical (unpaired) electrons. The summed E-state index contributed by atoms with van der Waals surface area (Å²) in [6, 6.07) is 0.147. The number of aromatic nitrogens is 2. The molecular formula is C12H14N4O2. The van der Waals surface area contributed by atoms with E-state index in [9.17, 15) is 9.59 Å². The van der Waals surface area contributed by atoms with Crippen molar-refractivity contribution >= 4 is 18.1 Å². The highest BCUT2D eigenvalue weighted by Crippen LogP contribution is 2.29. The number of piperidine rings is 1. The molecule has 6 heteroatoms. The number of nitrogens with one attached hydrogen (secondary N) is 1.